The first-order chi connectivity index (χ1) is 13.0. The third-order valence-corrected chi connectivity index (χ3v) is 5.15. The molecule has 0 aliphatic carbocycles. The number of anilines is 1. The van der Waals surface area contributed by atoms with E-state index in [-0.39, 0.29) is 28.8 Å². The molecular formula is C18H13BrN4O3S. The van der Waals surface area contributed by atoms with Crippen LogP contribution in [-0.2, 0) is 16.6 Å². The first-order valence-corrected chi connectivity index (χ1v) is 9.98. The Morgan fingerprint density at radius 2 is 1.93 bits per heavy atom. The van der Waals surface area contributed by atoms with Gasteiger partial charge in [0.2, 0.25) is 5.82 Å². The van der Waals surface area contributed by atoms with Crippen molar-refractivity contribution >= 4 is 31.8 Å². The number of nitriles is 1. The molecule has 0 amide bonds. The highest BCUT2D eigenvalue weighted by molar-refractivity contribution is 9.10. The van der Waals surface area contributed by atoms with Crippen molar-refractivity contribution in [2.75, 3.05) is 4.72 Å². The first-order valence-electron chi connectivity index (χ1n) is 7.70. The van der Waals surface area contributed by atoms with Gasteiger partial charge in [-0.2, -0.15) is 5.26 Å². The van der Waals surface area contributed by atoms with E-state index in [1.54, 1.807) is 0 Å². The number of aromatic nitrogens is 2. The van der Waals surface area contributed by atoms with Crippen LogP contribution in [0.4, 0.5) is 5.82 Å². The van der Waals surface area contributed by atoms with Crippen LogP contribution in [0.2, 0.25) is 0 Å². The molecule has 1 N–H and O–H groups in total. The third-order valence-electron chi connectivity index (χ3n) is 3.43. The zero-order valence-corrected chi connectivity index (χ0v) is 16.2. The number of hydrogen-bond donors (Lipinski definition) is 1. The second kappa shape index (κ2) is 8.16. The molecule has 3 rings (SSSR count). The normalized spacial score (nSPS) is 10.8. The average Bonchev–Trinajstić information content (AvgIpc) is 2.69. The highest BCUT2D eigenvalue weighted by Gasteiger charge is 2.19. The van der Waals surface area contributed by atoms with Gasteiger partial charge in [-0.1, -0.05) is 36.4 Å². The average molecular weight is 445 g/mol. The third kappa shape index (κ3) is 4.81. The van der Waals surface area contributed by atoms with Crippen LogP contribution in [0.1, 0.15) is 11.1 Å². The Hall–Kier alpha value is -2.96. The van der Waals surface area contributed by atoms with E-state index >= 15 is 0 Å². The van der Waals surface area contributed by atoms with Crippen LogP contribution in [0.25, 0.3) is 0 Å². The zero-order valence-electron chi connectivity index (χ0n) is 13.8. The van der Waals surface area contributed by atoms with Crippen LogP contribution in [0.15, 0.2) is 70.3 Å². The maximum atomic E-state index is 12.6. The van der Waals surface area contributed by atoms with Gasteiger partial charge in [0, 0.05) is 0 Å². The Bertz CT molecular complexity index is 1100. The number of nitrogens with zero attached hydrogens (tertiary/aromatic N) is 3. The number of sulfonamides is 1. The molecule has 1 aromatic heterocycles. The van der Waals surface area contributed by atoms with Crippen LogP contribution >= 0.6 is 15.9 Å². The summed E-state index contributed by atoms with van der Waals surface area (Å²) < 4.78 is 33.7. The van der Waals surface area contributed by atoms with Crippen molar-refractivity contribution in [2.45, 2.75) is 11.5 Å². The van der Waals surface area contributed by atoms with Crippen LogP contribution in [-0.4, -0.2) is 18.4 Å². The fourth-order valence-corrected chi connectivity index (χ4v) is 3.48. The van der Waals surface area contributed by atoms with Gasteiger partial charge in [0.05, 0.1) is 22.7 Å². The maximum Gasteiger partial charge on any atom is 0.263 e. The van der Waals surface area contributed by atoms with Gasteiger partial charge in [-0.3, -0.25) is 4.72 Å². The number of halogens is 1. The van der Waals surface area contributed by atoms with Gasteiger partial charge in [0.1, 0.15) is 11.2 Å². The molecular weight excluding hydrogens is 432 g/mol. The first kappa shape index (κ1) is 18.8. The van der Waals surface area contributed by atoms with Gasteiger partial charge >= 0.3 is 0 Å². The van der Waals surface area contributed by atoms with E-state index in [9.17, 15) is 8.42 Å². The predicted molar refractivity (Wildman–Crippen MR) is 102 cm³/mol. The van der Waals surface area contributed by atoms with Crippen molar-refractivity contribution in [3.8, 4) is 11.9 Å². The van der Waals surface area contributed by atoms with E-state index in [4.69, 9.17) is 10.00 Å². The highest BCUT2D eigenvalue weighted by atomic mass is 79.9. The number of hydrogen-bond acceptors (Lipinski definition) is 6. The second-order valence-corrected chi connectivity index (χ2v) is 7.86. The van der Waals surface area contributed by atoms with Crippen molar-refractivity contribution in [3.63, 3.8) is 0 Å². The summed E-state index contributed by atoms with van der Waals surface area (Å²) in [4.78, 5) is 8.15. The Labute approximate surface area is 164 Å². The lowest BCUT2D eigenvalue weighted by Crippen LogP contribution is -2.15. The summed E-state index contributed by atoms with van der Waals surface area (Å²) in [5.74, 6) is -0.00951. The summed E-state index contributed by atoms with van der Waals surface area (Å²) in [5, 5.41) is 8.96. The molecule has 3 aromatic rings. The molecule has 0 spiro atoms. The monoisotopic (exact) mass is 444 g/mol. The van der Waals surface area contributed by atoms with Gasteiger partial charge in [-0.05, 0) is 39.7 Å². The molecule has 0 radical (unpaired) electrons. The molecule has 0 saturated carbocycles. The van der Waals surface area contributed by atoms with Crippen LogP contribution in [0, 0.1) is 11.3 Å². The van der Waals surface area contributed by atoms with E-state index < -0.39 is 10.0 Å². The topological polar surface area (TPSA) is 105 Å². The molecule has 7 nitrogen and oxygen atoms in total. The smallest absolute Gasteiger partial charge is 0.263 e. The quantitative estimate of drug-likeness (QED) is 0.623. The minimum atomic E-state index is -3.96. The zero-order chi connectivity index (χ0) is 19.3. The van der Waals surface area contributed by atoms with Gasteiger partial charge in [-0.15, -0.1) is 0 Å². The maximum absolute atomic E-state index is 12.6. The van der Waals surface area contributed by atoms with E-state index in [0.717, 1.165) is 5.56 Å². The molecule has 0 saturated heterocycles. The molecule has 136 valence electrons. The predicted octanol–water partition coefficient (Wildman–Crippen LogP) is 3.49. The SMILES string of the molecule is N#Cc1cccc(S(=O)(=O)Nc2ncc(Br)nc2OCc2ccccc2)c1. The Kier molecular flexibility index (Phi) is 5.69. The van der Waals surface area contributed by atoms with Crippen LogP contribution in [0.5, 0.6) is 5.88 Å². The minimum absolute atomic E-state index is 0.0354. The summed E-state index contributed by atoms with van der Waals surface area (Å²) in [6.45, 7) is 0.199. The summed E-state index contributed by atoms with van der Waals surface area (Å²) in [6, 6.07) is 17.0. The molecule has 1 heterocycles. The second-order valence-electron chi connectivity index (χ2n) is 5.37. The molecule has 0 aliphatic heterocycles. The molecule has 27 heavy (non-hydrogen) atoms. The Morgan fingerprint density at radius 1 is 1.15 bits per heavy atom. The Balaban J connectivity index is 1.86. The number of benzene rings is 2. The van der Waals surface area contributed by atoms with Crippen molar-refractivity contribution in [1.82, 2.24) is 9.97 Å². The molecule has 2 aromatic carbocycles. The van der Waals surface area contributed by atoms with Gasteiger partial charge < -0.3 is 4.74 Å². The number of ether oxygens (including phenoxy) is 1. The molecule has 0 aliphatic rings. The number of nitrogens with one attached hydrogen (secondary N) is 1. The van der Waals surface area contributed by atoms with Crippen LogP contribution < -0.4 is 9.46 Å². The summed E-state index contributed by atoms with van der Waals surface area (Å²) in [6.07, 6.45) is 1.36. The Morgan fingerprint density at radius 3 is 2.67 bits per heavy atom. The summed E-state index contributed by atoms with van der Waals surface area (Å²) in [7, 11) is -3.96. The molecule has 9 heteroatoms. The van der Waals surface area contributed by atoms with Crippen molar-refractivity contribution in [1.29, 1.82) is 5.26 Å². The van der Waals surface area contributed by atoms with Gasteiger partial charge in [-0.25, -0.2) is 18.4 Å². The lowest BCUT2D eigenvalue weighted by atomic mass is 10.2. The highest BCUT2D eigenvalue weighted by Crippen LogP contribution is 2.25. The summed E-state index contributed by atoms with van der Waals surface area (Å²) >= 11 is 3.20. The molecule has 0 atom stereocenters. The van der Waals surface area contributed by atoms with Crippen molar-refractivity contribution in [2.24, 2.45) is 0 Å². The van der Waals surface area contributed by atoms with E-state index in [1.165, 1.54) is 30.5 Å². The molecule has 0 fully saturated rings. The lowest BCUT2D eigenvalue weighted by Gasteiger charge is -2.12. The fourth-order valence-electron chi connectivity index (χ4n) is 2.17. The largest absolute Gasteiger partial charge is 0.470 e. The van der Waals surface area contributed by atoms with E-state index in [1.807, 2.05) is 36.4 Å². The number of rotatable bonds is 6. The van der Waals surface area contributed by atoms with Crippen molar-refractivity contribution < 1.29 is 13.2 Å². The van der Waals surface area contributed by atoms with Gasteiger partial charge in [0.15, 0.2) is 0 Å². The molecule has 0 unspecified atom stereocenters. The van der Waals surface area contributed by atoms with E-state index in [2.05, 4.69) is 30.6 Å². The molecule has 0 bridgehead atoms. The van der Waals surface area contributed by atoms with E-state index in [0.29, 0.717) is 4.60 Å². The van der Waals surface area contributed by atoms with Crippen LogP contribution in [0.3, 0.4) is 0 Å². The fraction of sp³-hybridized carbons (Fsp3) is 0.0556. The summed E-state index contributed by atoms with van der Waals surface area (Å²) in [5.41, 5.74) is 1.13. The van der Waals surface area contributed by atoms with Crippen molar-refractivity contribution in [3.05, 3.63) is 76.5 Å². The van der Waals surface area contributed by atoms with Gasteiger partial charge in [0.25, 0.3) is 15.9 Å². The lowest BCUT2D eigenvalue weighted by molar-refractivity contribution is 0.294. The standard InChI is InChI=1S/C18H13BrN4O3S/c19-16-11-21-17(18(22-16)26-12-13-5-2-1-3-6-13)23-27(24,25)15-8-4-7-14(9-15)10-20/h1-9,11H,12H2,(H,21,23). The minimum Gasteiger partial charge on any atom is -0.470 e.